The zero-order valence-corrected chi connectivity index (χ0v) is 12.8. The average molecular weight is 292 g/mol. The number of rotatable bonds is 5. The highest BCUT2D eigenvalue weighted by atomic mass is 35.5. The summed E-state index contributed by atoms with van der Waals surface area (Å²) >= 11 is 0. The van der Waals surface area contributed by atoms with Crippen molar-refractivity contribution in [2.45, 2.75) is 32.6 Å². The van der Waals surface area contributed by atoms with Crippen LogP contribution in [0.2, 0.25) is 0 Å². The highest BCUT2D eigenvalue weighted by molar-refractivity contribution is 5.85. The van der Waals surface area contributed by atoms with Crippen molar-refractivity contribution in [1.82, 2.24) is 0 Å². The Morgan fingerprint density at radius 3 is 2.20 bits per heavy atom. The number of nitrogens with two attached hydrogens (primary N) is 1. The fourth-order valence-electron chi connectivity index (χ4n) is 1.97. The average Bonchev–Trinajstić information content (AvgIpc) is 2.46. The minimum Gasteiger partial charge on any atom is -0.372 e. The van der Waals surface area contributed by atoms with Crippen LogP contribution in [0, 0.1) is 6.92 Å². The summed E-state index contributed by atoms with van der Waals surface area (Å²) in [4.78, 5) is 0. The largest absolute Gasteiger partial charge is 0.372 e. The van der Waals surface area contributed by atoms with Gasteiger partial charge < -0.3 is 10.5 Å². The van der Waals surface area contributed by atoms with Gasteiger partial charge in [-0.2, -0.15) is 0 Å². The lowest BCUT2D eigenvalue weighted by Gasteiger charge is -2.21. The minimum atomic E-state index is -0.0932. The zero-order valence-electron chi connectivity index (χ0n) is 12.0. The van der Waals surface area contributed by atoms with Gasteiger partial charge in [0.1, 0.15) is 0 Å². The van der Waals surface area contributed by atoms with E-state index in [9.17, 15) is 0 Å². The molecule has 2 N–H and O–H groups in total. The van der Waals surface area contributed by atoms with Gasteiger partial charge in [0.25, 0.3) is 0 Å². The number of halogens is 1. The lowest BCUT2D eigenvalue weighted by atomic mass is 10.0. The van der Waals surface area contributed by atoms with Crippen molar-refractivity contribution >= 4 is 12.4 Å². The summed E-state index contributed by atoms with van der Waals surface area (Å²) in [5.41, 5.74) is 9.76. The summed E-state index contributed by atoms with van der Waals surface area (Å²) in [7, 11) is 0. The van der Waals surface area contributed by atoms with Crippen LogP contribution in [0.5, 0.6) is 0 Å². The molecule has 2 rings (SSSR count). The van der Waals surface area contributed by atoms with Gasteiger partial charge in [-0.15, -0.1) is 12.4 Å². The molecule has 2 nitrogen and oxygen atoms in total. The van der Waals surface area contributed by atoms with Crippen molar-refractivity contribution in [2.75, 3.05) is 0 Å². The third kappa shape index (κ3) is 4.64. The molecule has 0 aromatic heterocycles. The van der Waals surface area contributed by atoms with E-state index >= 15 is 0 Å². The molecule has 0 heterocycles. The summed E-state index contributed by atoms with van der Waals surface area (Å²) in [6.07, 6.45) is -0.0112. The van der Waals surface area contributed by atoms with Crippen molar-refractivity contribution in [2.24, 2.45) is 5.73 Å². The highest BCUT2D eigenvalue weighted by Crippen LogP contribution is 2.18. The van der Waals surface area contributed by atoms with Crippen LogP contribution in [0.4, 0.5) is 0 Å². The van der Waals surface area contributed by atoms with Crippen molar-refractivity contribution in [3.8, 4) is 0 Å². The molecular weight excluding hydrogens is 270 g/mol. The molecule has 0 spiro atoms. The Bertz CT molecular complexity index is 498. The molecule has 0 aliphatic carbocycles. The van der Waals surface area contributed by atoms with Gasteiger partial charge >= 0.3 is 0 Å². The molecule has 0 saturated carbocycles. The van der Waals surface area contributed by atoms with Crippen LogP contribution in [0.15, 0.2) is 54.6 Å². The van der Waals surface area contributed by atoms with Gasteiger partial charge in [-0.3, -0.25) is 0 Å². The van der Waals surface area contributed by atoms with Gasteiger partial charge in [0.15, 0.2) is 0 Å². The topological polar surface area (TPSA) is 35.2 Å². The van der Waals surface area contributed by atoms with E-state index in [0.29, 0.717) is 6.61 Å². The Morgan fingerprint density at radius 1 is 1.00 bits per heavy atom. The van der Waals surface area contributed by atoms with Crippen molar-refractivity contribution in [3.63, 3.8) is 0 Å². The van der Waals surface area contributed by atoms with E-state index in [2.05, 4.69) is 43.3 Å². The Morgan fingerprint density at radius 2 is 1.60 bits per heavy atom. The molecule has 2 aromatic rings. The molecule has 2 aromatic carbocycles. The first-order chi connectivity index (χ1) is 9.16. The number of ether oxygens (including phenoxy) is 1. The van der Waals surface area contributed by atoms with Gasteiger partial charge in [0, 0.05) is 0 Å². The standard InChI is InChI=1S/C17H21NO.ClH/c1-13-8-10-16(11-9-13)17(18)14(2)19-12-15-6-4-3-5-7-15;/h3-11,14,17H,12,18H2,1-2H3;1H. The molecule has 2 unspecified atom stereocenters. The summed E-state index contributed by atoms with van der Waals surface area (Å²) in [5, 5.41) is 0. The van der Waals surface area contributed by atoms with Gasteiger partial charge in [0.05, 0.1) is 18.8 Å². The maximum absolute atomic E-state index is 6.23. The smallest absolute Gasteiger partial charge is 0.0744 e. The molecule has 0 radical (unpaired) electrons. The first-order valence-corrected chi connectivity index (χ1v) is 6.64. The second-order valence-electron chi connectivity index (χ2n) is 4.94. The van der Waals surface area contributed by atoms with Crippen LogP contribution in [-0.4, -0.2) is 6.10 Å². The third-order valence-electron chi connectivity index (χ3n) is 3.32. The number of aryl methyl sites for hydroxylation is 1. The van der Waals surface area contributed by atoms with Gasteiger partial charge in [0.2, 0.25) is 0 Å². The van der Waals surface area contributed by atoms with E-state index in [1.807, 2.05) is 25.1 Å². The second kappa shape index (κ2) is 8.05. The van der Waals surface area contributed by atoms with Crippen LogP contribution in [0.1, 0.15) is 29.7 Å². The van der Waals surface area contributed by atoms with E-state index in [1.54, 1.807) is 0 Å². The zero-order chi connectivity index (χ0) is 13.7. The summed E-state index contributed by atoms with van der Waals surface area (Å²) in [5.74, 6) is 0. The molecule has 0 aliphatic rings. The second-order valence-corrected chi connectivity index (χ2v) is 4.94. The normalized spacial score (nSPS) is 13.3. The predicted octanol–water partition coefficient (Wildman–Crippen LogP) is 4.02. The molecule has 0 bridgehead atoms. The maximum atomic E-state index is 6.23. The molecule has 108 valence electrons. The lowest BCUT2D eigenvalue weighted by molar-refractivity contribution is 0.0357. The maximum Gasteiger partial charge on any atom is 0.0744 e. The van der Waals surface area contributed by atoms with Crippen LogP contribution in [-0.2, 0) is 11.3 Å². The summed E-state index contributed by atoms with van der Waals surface area (Å²) < 4.78 is 5.85. The fourth-order valence-corrected chi connectivity index (χ4v) is 1.97. The van der Waals surface area contributed by atoms with E-state index in [4.69, 9.17) is 10.5 Å². The van der Waals surface area contributed by atoms with Gasteiger partial charge in [-0.05, 0) is 25.0 Å². The molecular formula is C17H22ClNO. The van der Waals surface area contributed by atoms with Crippen molar-refractivity contribution < 1.29 is 4.74 Å². The summed E-state index contributed by atoms with van der Waals surface area (Å²) in [6, 6.07) is 18.4. The monoisotopic (exact) mass is 291 g/mol. The Hall–Kier alpha value is -1.35. The van der Waals surface area contributed by atoms with Crippen LogP contribution in [0.25, 0.3) is 0 Å². The quantitative estimate of drug-likeness (QED) is 0.903. The predicted molar refractivity (Wildman–Crippen MR) is 86.0 cm³/mol. The molecule has 0 amide bonds. The molecule has 0 fully saturated rings. The van der Waals surface area contributed by atoms with Crippen LogP contribution in [0.3, 0.4) is 0 Å². The number of hydrogen-bond acceptors (Lipinski definition) is 2. The van der Waals surface area contributed by atoms with E-state index in [0.717, 1.165) is 5.56 Å². The number of hydrogen-bond donors (Lipinski definition) is 1. The van der Waals surface area contributed by atoms with E-state index in [1.165, 1.54) is 11.1 Å². The molecule has 0 aliphatic heterocycles. The number of benzene rings is 2. The fraction of sp³-hybridized carbons (Fsp3) is 0.294. The third-order valence-corrected chi connectivity index (χ3v) is 3.32. The highest BCUT2D eigenvalue weighted by Gasteiger charge is 2.15. The first kappa shape index (κ1) is 16.7. The minimum absolute atomic E-state index is 0. The first-order valence-electron chi connectivity index (χ1n) is 6.64. The SMILES string of the molecule is Cc1ccc(C(N)C(C)OCc2ccccc2)cc1.Cl. The van der Waals surface area contributed by atoms with Gasteiger partial charge in [-0.1, -0.05) is 60.2 Å². The molecule has 0 saturated heterocycles. The van der Waals surface area contributed by atoms with E-state index < -0.39 is 0 Å². The summed E-state index contributed by atoms with van der Waals surface area (Å²) in [6.45, 7) is 4.69. The van der Waals surface area contributed by atoms with Crippen molar-refractivity contribution in [1.29, 1.82) is 0 Å². The Balaban J connectivity index is 0.00000200. The van der Waals surface area contributed by atoms with Crippen molar-refractivity contribution in [3.05, 3.63) is 71.3 Å². The van der Waals surface area contributed by atoms with E-state index in [-0.39, 0.29) is 24.6 Å². The lowest BCUT2D eigenvalue weighted by Crippen LogP contribution is -2.26. The molecule has 3 heteroatoms. The Labute approximate surface area is 127 Å². The molecule has 20 heavy (non-hydrogen) atoms. The van der Waals surface area contributed by atoms with Gasteiger partial charge in [-0.25, -0.2) is 0 Å². The van der Waals surface area contributed by atoms with Crippen LogP contribution < -0.4 is 5.73 Å². The Kier molecular flexibility index (Phi) is 6.73. The van der Waals surface area contributed by atoms with Crippen LogP contribution >= 0.6 is 12.4 Å². The molecule has 2 atom stereocenters.